The van der Waals surface area contributed by atoms with E-state index in [1.54, 1.807) is 29.7 Å². The largest absolute Gasteiger partial charge is 0.474 e. The van der Waals surface area contributed by atoms with Crippen LogP contribution in [-0.4, -0.2) is 69.0 Å². The fourth-order valence-corrected chi connectivity index (χ4v) is 4.17. The number of carbonyl (C=O) groups is 1. The second-order valence-corrected chi connectivity index (χ2v) is 8.94. The maximum absolute atomic E-state index is 12.3. The number of ether oxygens (including phenoxy) is 2. The van der Waals surface area contributed by atoms with Crippen molar-refractivity contribution in [2.45, 2.75) is 25.9 Å². The van der Waals surface area contributed by atoms with Gasteiger partial charge in [-0.05, 0) is 36.8 Å². The van der Waals surface area contributed by atoms with Crippen molar-refractivity contribution in [3.8, 4) is 17.1 Å². The molecule has 3 aromatic heterocycles. The summed E-state index contributed by atoms with van der Waals surface area (Å²) in [5.41, 5.74) is 4.71. The highest BCUT2D eigenvalue weighted by atomic mass is 16.5. The summed E-state index contributed by atoms with van der Waals surface area (Å²) >= 11 is 0. The van der Waals surface area contributed by atoms with Crippen molar-refractivity contribution in [2.75, 3.05) is 32.6 Å². The van der Waals surface area contributed by atoms with E-state index < -0.39 is 0 Å². The van der Waals surface area contributed by atoms with Gasteiger partial charge in [0, 0.05) is 63.2 Å². The summed E-state index contributed by atoms with van der Waals surface area (Å²) in [6.45, 7) is 3.28. The molecule has 1 aromatic carbocycles. The fraction of sp³-hybridized carbons (Fsp3) is 0.360. The highest BCUT2D eigenvalue weighted by molar-refractivity contribution is 5.97. The Balaban J connectivity index is 1.52. The van der Waals surface area contributed by atoms with Gasteiger partial charge in [0.2, 0.25) is 11.8 Å². The lowest BCUT2D eigenvalue weighted by Crippen LogP contribution is -2.26. The number of aryl methyl sites for hydroxylation is 2. The Labute approximate surface area is 203 Å². The minimum Gasteiger partial charge on any atom is -0.474 e. The molecule has 4 heterocycles. The van der Waals surface area contributed by atoms with Gasteiger partial charge in [-0.15, -0.1) is 0 Å². The number of fused-ring (bicyclic) bond motifs is 1. The summed E-state index contributed by atoms with van der Waals surface area (Å²) in [7, 11) is 5.36. The number of aromatic amines is 1. The molecule has 2 N–H and O–H groups in total. The van der Waals surface area contributed by atoms with Gasteiger partial charge in [0.15, 0.2) is 0 Å². The fourth-order valence-electron chi connectivity index (χ4n) is 4.17. The highest BCUT2D eigenvalue weighted by Gasteiger charge is 2.22. The summed E-state index contributed by atoms with van der Waals surface area (Å²) in [4.78, 5) is 26.6. The molecule has 1 fully saturated rings. The Morgan fingerprint density at radius 3 is 2.71 bits per heavy atom. The SMILES string of the molecule is Cc1cc(C(=O)N(C)C)ccc1Nc1nc(OC2CCOCC2)c2c(-c3ccn(C)n3)c[nH]c2n1. The first-order valence-electron chi connectivity index (χ1n) is 11.6. The Hall–Kier alpha value is -3.92. The van der Waals surface area contributed by atoms with Crippen LogP contribution in [0.5, 0.6) is 5.88 Å². The summed E-state index contributed by atoms with van der Waals surface area (Å²) in [5, 5.41) is 8.64. The normalized spacial score (nSPS) is 14.3. The van der Waals surface area contributed by atoms with Gasteiger partial charge in [-0.3, -0.25) is 9.48 Å². The number of hydrogen-bond acceptors (Lipinski definition) is 7. The lowest BCUT2D eigenvalue weighted by Gasteiger charge is -2.23. The van der Waals surface area contributed by atoms with E-state index >= 15 is 0 Å². The molecule has 1 aliphatic rings. The maximum Gasteiger partial charge on any atom is 0.253 e. The lowest BCUT2D eigenvalue weighted by atomic mass is 10.1. The van der Waals surface area contributed by atoms with Crippen molar-refractivity contribution in [1.29, 1.82) is 0 Å². The molecular formula is C25H29N7O3. The number of amides is 1. The molecule has 0 atom stereocenters. The van der Waals surface area contributed by atoms with Gasteiger partial charge in [0.05, 0.1) is 24.3 Å². The molecule has 1 aliphatic heterocycles. The molecule has 0 aliphatic carbocycles. The average Bonchev–Trinajstić information content (AvgIpc) is 3.46. The molecule has 10 nitrogen and oxygen atoms in total. The molecule has 0 spiro atoms. The van der Waals surface area contributed by atoms with Crippen LogP contribution in [-0.2, 0) is 11.8 Å². The van der Waals surface area contributed by atoms with Crippen molar-refractivity contribution < 1.29 is 14.3 Å². The maximum atomic E-state index is 12.3. The van der Waals surface area contributed by atoms with Crippen LogP contribution in [0.3, 0.4) is 0 Å². The van der Waals surface area contributed by atoms with Crippen LogP contribution in [0, 0.1) is 6.92 Å². The van der Waals surface area contributed by atoms with Crippen molar-refractivity contribution in [2.24, 2.45) is 7.05 Å². The molecule has 0 radical (unpaired) electrons. The highest BCUT2D eigenvalue weighted by Crippen LogP contribution is 2.35. The lowest BCUT2D eigenvalue weighted by molar-refractivity contribution is 0.0244. The molecule has 10 heteroatoms. The first-order chi connectivity index (χ1) is 16.9. The Kier molecular flexibility index (Phi) is 6.12. The predicted octanol–water partition coefficient (Wildman–Crippen LogP) is 3.67. The van der Waals surface area contributed by atoms with Crippen molar-refractivity contribution in [3.05, 3.63) is 47.8 Å². The molecule has 5 rings (SSSR count). The number of hydrogen-bond donors (Lipinski definition) is 2. The minimum atomic E-state index is -0.0436. The number of H-pyrrole nitrogens is 1. The van der Waals surface area contributed by atoms with Gasteiger partial charge in [-0.25, -0.2) is 0 Å². The average molecular weight is 476 g/mol. The van der Waals surface area contributed by atoms with Crippen LogP contribution >= 0.6 is 0 Å². The first-order valence-corrected chi connectivity index (χ1v) is 11.6. The Morgan fingerprint density at radius 1 is 1.23 bits per heavy atom. The van der Waals surface area contributed by atoms with Crippen molar-refractivity contribution in [3.63, 3.8) is 0 Å². The number of nitrogens with zero attached hydrogens (tertiary/aromatic N) is 5. The quantitative estimate of drug-likeness (QED) is 0.438. The summed E-state index contributed by atoms with van der Waals surface area (Å²) in [6, 6.07) is 7.47. The van der Waals surface area contributed by atoms with Crippen LogP contribution in [0.4, 0.5) is 11.6 Å². The van der Waals surface area contributed by atoms with Gasteiger partial charge in [0.25, 0.3) is 5.91 Å². The van der Waals surface area contributed by atoms with Crippen LogP contribution in [0.2, 0.25) is 0 Å². The molecule has 4 aromatic rings. The van der Waals surface area contributed by atoms with Crippen LogP contribution in [0.25, 0.3) is 22.3 Å². The first kappa shape index (κ1) is 22.9. The topological polar surface area (TPSA) is 110 Å². The van der Waals surface area contributed by atoms with E-state index in [0.717, 1.165) is 40.7 Å². The van der Waals surface area contributed by atoms with Crippen molar-refractivity contribution in [1.82, 2.24) is 29.6 Å². The Bertz CT molecular complexity index is 1370. The molecule has 0 unspecified atom stereocenters. The minimum absolute atomic E-state index is 0.0132. The third-order valence-electron chi connectivity index (χ3n) is 6.06. The van der Waals surface area contributed by atoms with Crippen molar-refractivity contribution >= 4 is 28.6 Å². The summed E-state index contributed by atoms with van der Waals surface area (Å²) in [6.07, 6.45) is 5.40. The summed E-state index contributed by atoms with van der Waals surface area (Å²) in [5.74, 6) is 0.866. The monoisotopic (exact) mass is 475 g/mol. The van der Waals surface area contributed by atoms with Crippen LogP contribution in [0.1, 0.15) is 28.8 Å². The zero-order valence-electron chi connectivity index (χ0n) is 20.3. The van der Waals surface area contributed by atoms with E-state index in [1.165, 1.54) is 0 Å². The van der Waals surface area contributed by atoms with Crippen LogP contribution in [0.15, 0.2) is 36.7 Å². The van der Waals surface area contributed by atoms with E-state index in [2.05, 4.69) is 15.4 Å². The number of nitrogens with one attached hydrogen (secondary N) is 2. The molecule has 35 heavy (non-hydrogen) atoms. The van der Waals surface area contributed by atoms with E-state index in [4.69, 9.17) is 19.4 Å². The number of aromatic nitrogens is 5. The second kappa shape index (κ2) is 9.38. The zero-order chi connectivity index (χ0) is 24.5. The van der Waals surface area contributed by atoms with E-state index in [0.29, 0.717) is 36.3 Å². The smallest absolute Gasteiger partial charge is 0.253 e. The number of rotatable bonds is 6. The van der Waals surface area contributed by atoms with Gasteiger partial charge in [0.1, 0.15) is 11.8 Å². The second-order valence-electron chi connectivity index (χ2n) is 8.94. The molecule has 182 valence electrons. The van der Waals surface area contributed by atoms with E-state index in [-0.39, 0.29) is 12.0 Å². The number of anilines is 2. The van der Waals surface area contributed by atoms with E-state index in [9.17, 15) is 4.79 Å². The molecule has 0 bridgehead atoms. The van der Waals surface area contributed by atoms with E-state index in [1.807, 2.05) is 44.6 Å². The zero-order valence-corrected chi connectivity index (χ0v) is 20.3. The molecule has 0 saturated carbocycles. The van der Waals surface area contributed by atoms with Gasteiger partial charge < -0.3 is 24.7 Å². The standard InChI is InChI=1S/C25H29N7O3/c1-15-13-16(24(33)31(2)3)5-6-19(15)27-25-28-22-21(18(14-26-22)20-7-10-32(4)30-20)23(29-25)35-17-8-11-34-12-9-17/h5-7,10,13-14,17H,8-9,11-12H2,1-4H3,(H2,26,27,28,29). The number of carbonyl (C=O) groups excluding carboxylic acids is 1. The number of benzene rings is 1. The molecule has 1 amide bonds. The molecule has 1 saturated heterocycles. The Morgan fingerprint density at radius 2 is 2.03 bits per heavy atom. The van der Waals surface area contributed by atoms with Gasteiger partial charge in [-0.2, -0.15) is 15.1 Å². The van der Waals surface area contributed by atoms with Crippen LogP contribution < -0.4 is 10.1 Å². The predicted molar refractivity (Wildman–Crippen MR) is 133 cm³/mol. The summed E-state index contributed by atoms with van der Waals surface area (Å²) < 4.78 is 13.7. The third kappa shape index (κ3) is 4.69. The molecular weight excluding hydrogens is 446 g/mol. The van der Waals surface area contributed by atoms with Gasteiger partial charge in [-0.1, -0.05) is 0 Å². The third-order valence-corrected chi connectivity index (χ3v) is 6.06. The van der Waals surface area contributed by atoms with Gasteiger partial charge >= 0.3 is 0 Å².